The summed E-state index contributed by atoms with van der Waals surface area (Å²) < 4.78 is 12.5. The summed E-state index contributed by atoms with van der Waals surface area (Å²) in [5.41, 5.74) is 0. The van der Waals surface area contributed by atoms with Crippen molar-refractivity contribution >= 4 is 19.4 Å². The fraction of sp³-hybridized carbons (Fsp3) is 0.538. The van der Waals surface area contributed by atoms with Crippen LogP contribution in [0.2, 0.25) is 4.82 Å². The molecule has 0 aromatic heterocycles. The normalized spacial score (nSPS) is 26.9. The molecular formula is C13H18O2Se. The van der Waals surface area contributed by atoms with Gasteiger partial charge in [-0.1, -0.05) is 0 Å². The number of hydrogen-bond acceptors (Lipinski definition) is 2. The van der Waals surface area contributed by atoms with E-state index in [2.05, 4.69) is 37.3 Å². The first kappa shape index (κ1) is 12.1. The molecule has 0 saturated carbocycles. The van der Waals surface area contributed by atoms with Crippen molar-refractivity contribution in [1.29, 1.82) is 0 Å². The Morgan fingerprint density at radius 3 is 2.69 bits per heavy atom. The molecule has 0 N–H and O–H groups in total. The van der Waals surface area contributed by atoms with Crippen molar-refractivity contribution in [1.82, 2.24) is 0 Å². The molecule has 3 atom stereocenters. The van der Waals surface area contributed by atoms with Crippen molar-refractivity contribution < 1.29 is 9.47 Å². The molecular weight excluding hydrogens is 267 g/mol. The third-order valence-electron chi connectivity index (χ3n) is 2.87. The zero-order valence-corrected chi connectivity index (χ0v) is 11.5. The van der Waals surface area contributed by atoms with Crippen LogP contribution in [-0.4, -0.2) is 34.5 Å². The second kappa shape index (κ2) is 5.83. The summed E-state index contributed by atoms with van der Waals surface area (Å²) in [5.74, 6) is 0. The van der Waals surface area contributed by atoms with Crippen molar-refractivity contribution in [3.63, 3.8) is 0 Å². The van der Waals surface area contributed by atoms with Crippen molar-refractivity contribution in [2.24, 2.45) is 0 Å². The predicted octanol–water partition coefficient (Wildman–Crippen LogP) is 1.98. The van der Waals surface area contributed by atoms with Gasteiger partial charge in [0.1, 0.15) is 0 Å². The molecule has 1 aromatic carbocycles. The van der Waals surface area contributed by atoms with Gasteiger partial charge in [0, 0.05) is 0 Å². The van der Waals surface area contributed by atoms with Crippen LogP contribution in [0, 0.1) is 0 Å². The monoisotopic (exact) mass is 286 g/mol. The zero-order chi connectivity index (χ0) is 11.4. The first-order valence-electron chi connectivity index (χ1n) is 5.69. The summed E-state index contributed by atoms with van der Waals surface area (Å²) in [5, 5.41) is 0. The van der Waals surface area contributed by atoms with E-state index >= 15 is 0 Å². The molecule has 1 aliphatic heterocycles. The maximum atomic E-state index is 5.84. The molecule has 88 valence electrons. The van der Waals surface area contributed by atoms with Crippen LogP contribution in [0.25, 0.3) is 0 Å². The molecule has 16 heavy (non-hydrogen) atoms. The van der Waals surface area contributed by atoms with Crippen LogP contribution in [-0.2, 0) is 9.47 Å². The Labute approximate surface area is 103 Å². The number of rotatable bonds is 4. The van der Waals surface area contributed by atoms with Gasteiger partial charge >= 0.3 is 103 Å². The second-order valence-corrected chi connectivity index (χ2v) is 7.10. The van der Waals surface area contributed by atoms with E-state index in [-0.39, 0.29) is 6.29 Å². The first-order chi connectivity index (χ1) is 7.79. The zero-order valence-electron chi connectivity index (χ0n) is 9.76. The predicted molar refractivity (Wildman–Crippen MR) is 66.2 cm³/mol. The first-order valence-corrected chi connectivity index (χ1v) is 7.54. The van der Waals surface area contributed by atoms with Gasteiger partial charge in [0.2, 0.25) is 0 Å². The van der Waals surface area contributed by atoms with Crippen LogP contribution in [0.5, 0.6) is 0 Å². The maximum absolute atomic E-state index is 5.84. The molecule has 0 spiro atoms. The Hall–Kier alpha value is -0.341. The van der Waals surface area contributed by atoms with E-state index in [1.165, 1.54) is 4.46 Å². The Balaban J connectivity index is 1.87. The van der Waals surface area contributed by atoms with Gasteiger partial charge < -0.3 is 0 Å². The molecule has 0 amide bonds. The summed E-state index contributed by atoms with van der Waals surface area (Å²) in [6.07, 6.45) is 2.58. The van der Waals surface area contributed by atoms with Gasteiger partial charge in [-0.05, 0) is 0 Å². The van der Waals surface area contributed by atoms with E-state index in [4.69, 9.17) is 9.47 Å². The van der Waals surface area contributed by atoms with Crippen molar-refractivity contribution in [3.05, 3.63) is 30.3 Å². The third kappa shape index (κ3) is 3.08. The van der Waals surface area contributed by atoms with Gasteiger partial charge in [-0.3, -0.25) is 0 Å². The standard InChI is InChI=1S/C13H18O2Se/c1-10(12-8-9-13(14-2)15-12)16-11-6-4-3-5-7-11/h3-7,10,12-13H,8-9H2,1-2H3. The molecule has 1 heterocycles. The van der Waals surface area contributed by atoms with Gasteiger partial charge in [-0.25, -0.2) is 0 Å². The number of ether oxygens (including phenoxy) is 2. The summed E-state index contributed by atoms with van der Waals surface area (Å²) in [6.45, 7) is 2.29. The Kier molecular flexibility index (Phi) is 4.42. The number of hydrogen-bond donors (Lipinski definition) is 0. The summed E-state index contributed by atoms with van der Waals surface area (Å²) in [4.78, 5) is 0.620. The average Bonchev–Trinajstić information content (AvgIpc) is 2.79. The molecule has 1 saturated heterocycles. The van der Waals surface area contributed by atoms with Crippen molar-refractivity contribution in [3.8, 4) is 0 Å². The second-order valence-electron chi connectivity index (χ2n) is 4.05. The van der Waals surface area contributed by atoms with Gasteiger partial charge in [0.05, 0.1) is 0 Å². The van der Waals surface area contributed by atoms with Gasteiger partial charge in [-0.15, -0.1) is 0 Å². The molecule has 0 bridgehead atoms. The molecule has 3 unspecified atom stereocenters. The number of benzene rings is 1. The molecule has 0 aliphatic carbocycles. The van der Waals surface area contributed by atoms with Crippen LogP contribution in [0.1, 0.15) is 19.8 Å². The summed E-state index contributed by atoms with van der Waals surface area (Å²) >= 11 is 0.495. The summed E-state index contributed by atoms with van der Waals surface area (Å²) in [6, 6.07) is 10.7. The average molecular weight is 285 g/mol. The van der Waals surface area contributed by atoms with Crippen LogP contribution in [0.4, 0.5) is 0 Å². The van der Waals surface area contributed by atoms with E-state index < -0.39 is 0 Å². The Bertz CT molecular complexity index is 315. The fourth-order valence-corrected chi connectivity index (χ4v) is 4.24. The van der Waals surface area contributed by atoms with Gasteiger partial charge in [0.25, 0.3) is 0 Å². The van der Waals surface area contributed by atoms with E-state index in [1.807, 2.05) is 0 Å². The molecule has 0 radical (unpaired) electrons. The SMILES string of the molecule is COC1CCC(C(C)[Se]c2ccccc2)O1. The van der Waals surface area contributed by atoms with E-state index in [9.17, 15) is 0 Å². The minimum atomic E-state index is 0.0269. The van der Waals surface area contributed by atoms with Crippen molar-refractivity contribution in [2.45, 2.75) is 37.0 Å². The van der Waals surface area contributed by atoms with Gasteiger partial charge in [-0.2, -0.15) is 0 Å². The number of methoxy groups -OCH3 is 1. The molecule has 1 aliphatic rings. The molecule has 1 aromatic rings. The quantitative estimate of drug-likeness (QED) is 0.788. The van der Waals surface area contributed by atoms with Crippen LogP contribution in [0.3, 0.4) is 0 Å². The minimum absolute atomic E-state index is 0.0269. The van der Waals surface area contributed by atoms with E-state index in [1.54, 1.807) is 7.11 Å². The topological polar surface area (TPSA) is 18.5 Å². The van der Waals surface area contributed by atoms with E-state index in [0.29, 0.717) is 25.9 Å². The van der Waals surface area contributed by atoms with Gasteiger partial charge in [0.15, 0.2) is 0 Å². The van der Waals surface area contributed by atoms with Crippen LogP contribution >= 0.6 is 0 Å². The summed E-state index contributed by atoms with van der Waals surface area (Å²) in [7, 11) is 1.72. The van der Waals surface area contributed by atoms with Crippen LogP contribution < -0.4 is 4.46 Å². The van der Waals surface area contributed by atoms with Crippen molar-refractivity contribution in [2.75, 3.05) is 7.11 Å². The van der Waals surface area contributed by atoms with E-state index in [0.717, 1.165) is 12.8 Å². The Morgan fingerprint density at radius 2 is 2.06 bits per heavy atom. The third-order valence-corrected chi connectivity index (χ3v) is 5.42. The van der Waals surface area contributed by atoms with Crippen LogP contribution in [0.15, 0.2) is 30.3 Å². The molecule has 2 rings (SSSR count). The molecule has 3 heteroatoms. The molecule has 2 nitrogen and oxygen atoms in total. The fourth-order valence-electron chi connectivity index (χ4n) is 1.94. The Morgan fingerprint density at radius 1 is 1.31 bits per heavy atom. The molecule has 1 fully saturated rings.